The maximum atomic E-state index is 3.74. The lowest BCUT2D eigenvalue weighted by Gasteiger charge is -2.24. The second-order valence-electron chi connectivity index (χ2n) is 3.35. The van der Waals surface area contributed by atoms with Crippen molar-refractivity contribution in [2.24, 2.45) is 5.92 Å². The van der Waals surface area contributed by atoms with Crippen LogP contribution in [0.25, 0.3) is 0 Å². The van der Waals surface area contributed by atoms with Gasteiger partial charge in [-0.25, -0.2) is 0 Å². The zero-order chi connectivity index (χ0) is 6.48. The molecule has 0 radical (unpaired) electrons. The molecule has 2 fully saturated rings. The van der Waals surface area contributed by atoms with E-state index in [2.05, 4.69) is 38.5 Å². The van der Waals surface area contributed by atoms with Crippen molar-refractivity contribution < 1.29 is 0 Å². The third kappa shape index (κ3) is 0.971. The zero-order valence-electron chi connectivity index (χ0n) is 5.24. The Morgan fingerprint density at radius 2 is 2.33 bits per heavy atom. The van der Waals surface area contributed by atoms with E-state index in [1.54, 1.807) is 0 Å². The summed E-state index contributed by atoms with van der Waals surface area (Å²) < 4.78 is 0.655. The average molecular weight is 301 g/mol. The molecule has 2 aliphatic carbocycles. The Kier molecular flexibility index (Phi) is 1.61. The van der Waals surface area contributed by atoms with Crippen molar-refractivity contribution in [3.05, 3.63) is 0 Å². The van der Waals surface area contributed by atoms with Crippen LogP contribution in [0.1, 0.15) is 25.7 Å². The van der Waals surface area contributed by atoms with Crippen LogP contribution in [0.2, 0.25) is 0 Å². The summed E-state index contributed by atoms with van der Waals surface area (Å²) in [6, 6.07) is 0. The second kappa shape index (κ2) is 2.10. The molecule has 2 saturated carbocycles. The fourth-order valence-electron chi connectivity index (χ4n) is 2.12. The van der Waals surface area contributed by atoms with E-state index in [1.807, 2.05) is 0 Å². The van der Waals surface area contributed by atoms with E-state index < -0.39 is 0 Å². The second-order valence-corrected chi connectivity index (χ2v) is 6.60. The van der Waals surface area contributed by atoms with Crippen LogP contribution in [0.5, 0.6) is 0 Å². The Morgan fingerprint density at radius 3 is 2.56 bits per heavy atom. The predicted molar refractivity (Wildman–Crippen MR) is 51.4 cm³/mol. The number of halogens is 2. The van der Waals surface area contributed by atoms with Gasteiger partial charge in [0.25, 0.3) is 0 Å². The molecular formula is C7H10BrI. The molecule has 0 spiro atoms. The Balaban J connectivity index is 2.22. The molecule has 0 aromatic rings. The van der Waals surface area contributed by atoms with E-state index in [0.29, 0.717) is 3.42 Å². The number of alkyl halides is 2. The Bertz CT molecular complexity index is 137. The van der Waals surface area contributed by atoms with E-state index in [1.165, 1.54) is 25.7 Å². The molecule has 2 bridgehead atoms. The van der Waals surface area contributed by atoms with Gasteiger partial charge in [0.05, 0.1) is 0 Å². The number of hydrogen-bond acceptors (Lipinski definition) is 0. The molecule has 3 atom stereocenters. The largest absolute Gasteiger partial charge is 0.0876 e. The van der Waals surface area contributed by atoms with Gasteiger partial charge < -0.3 is 0 Å². The predicted octanol–water partition coefficient (Wildman–Crippen LogP) is 3.13. The van der Waals surface area contributed by atoms with Crippen LogP contribution in [0.15, 0.2) is 0 Å². The SMILES string of the molecule is BrC1CC2CCC1(I)C2. The van der Waals surface area contributed by atoms with Gasteiger partial charge in [-0.1, -0.05) is 38.5 Å². The fraction of sp³-hybridized carbons (Fsp3) is 1.00. The molecule has 0 N–H and O–H groups in total. The van der Waals surface area contributed by atoms with Crippen molar-refractivity contribution in [3.63, 3.8) is 0 Å². The van der Waals surface area contributed by atoms with Crippen LogP contribution < -0.4 is 0 Å². The number of rotatable bonds is 0. The van der Waals surface area contributed by atoms with E-state index in [0.717, 1.165) is 10.7 Å². The zero-order valence-corrected chi connectivity index (χ0v) is 8.98. The summed E-state index contributed by atoms with van der Waals surface area (Å²) in [4.78, 5) is 0.823. The standard InChI is InChI=1S/C7H10BrI/c8-6-3-5-1-2-7(6,9)4-5/h5-6H,1-4H2. The van der Waals surface area contributed by atoms with Gasteiger partial charge in [-0.3, -0.25) is 0 Å². The molecule has 52 valence electrons. The summed E-state index contributed by atoms with van der Waals surface area (Å²) in [6.45, 7) is 0. The lowest BCUT2D eigenvalue weighted by Crippen LogP contribution is -2.24. The third-order valence-corrected chi connectivity index (χ3v) is 6.54. The van der Waals surface area contributed by atoms with Gasteiger partial charge in [0.2, 0.25) is 0 Å². The molecule has 0 aromatic carbocycles. The Morgan fingerprint density at radius 1 is 1.56 bits per heavy atom. The number of hydrogen-bond donors (Lipinski definition) is 0. The van der Waals surface area contributed by atoms with Gasteiger partial charge in [0.1, 0.15) is 0 Å². The van der Waals surface area contributed by atoms with Crippen LogP contribution in [-0.2, 0) is 0 Å². The smallest absolute Gasteiger partial charge is 0.0350 e. The molecule has 0 heterocycles. The lowest BCUT2D eigenvalue weighted by atomic mass is 10.0. The molecule has 0 aliphatic heterocycles. The highest BCUT2D eigenvalue weighted by molar-refractivity contribution is 14.1. The lowest BCUT2D eigenvalue weighted by molar-refractivity contribution is 0.520. The van der Waals surface area contributed by atoms with Gasteiger partial charge in [0, 0.05) is 8.25 Å². The number of fused-ring (bicyclic) bond motifs is 2. The van der Waals surface area contributed by atoms with Crippen molar-refractivity contribution in [1.82, 2.24) is 0 Å². The molecule has 0 aromatic heterocycles. The summed E-state index contributed by atoms with van der Waals surface area (Å²) in [5, 5.41) is 0. The maximum Gasteiger partial charge on any atom is 0.0350 e. The summed E-state index contributed by atoms with van der Waals surface area (Å²) >= 11 is 6.39. The quantitative estimate of drug-likeness (QED) is 0.476. The topological polar surface area (TPSA) is 0 Å². The Labute approximate surface area is 78.0 Å². The highest BCUT2D eigenvalue weighted by atomic mass is 127. The molecule has 0 amide bonds. The minimum Gasteiger partial charge on any atom is -0.0876 e. The monoisotopic (exact) mass is 300 g/mol. The van der Waals surface area contributed by atoms with Crippen molar-refractivity contribution in [2.75, 3.05) is 0 Å². The summed E-state index contributed by atoms with van der Waals surface area (Å²) in [6.07, 6.45) is 5.85. The van der Waals surface area contributed by atoms with E-state index in [4.69, 9.17) is 0 Å². The molecule has 2 rings (SSSR count). The first-order valence-electron chi connectivity index (χ1n) is 3.54. The summed E-state index contributed by atoms with van der Waals surface area (Å²) in [5.41, 5.74) is 0. The average Bonchev–Trinajstić information content (AvgIpc) is 2.22. The van der Waals surface area contributed by atoms with Gasteiger partial charge in [0.15, 0.2) is 0 Å². The maximum absolute atomic E-state index is 3.74. The molecule has 0 saturated heterocycles. The van der Waals surface area contributed by atoms with Crippen LogP contribution in [0.3, 0.4) is 0 Å². The van der Waals surface area contributed by atoms with Crippen molar-refractivity contribution in [2.45, 2.75) is 33.9 Å². The highest BCUT2D eigenvalue weighted by Crippen LogP contribution is 2.55. The van der Waals surface area contributed by atoms with Gasteiger partial charge in [-0.15, -0.1) is 0 Å². The molecule has 9 heavy (non-hydrogen) atoms. The normalized spacial score (nSPS) is 56.7. The Hall–Kier alpha value is 1.21. The van der Waals surface area contributed by atoms with E-state index in [9.17, 15) is 0 Å². The first-order valence-corrected chi connectivity index (χ1v) is 5.53. The molecule has 2 aliphatic rings. The van der Waals surface area contributed by atoms with E-state index >= 15 is 0 Å². The van der Waals surface area contributed by atoms with Crippen molar-refractivity contribution in [1.29, 1.82) is 0 Å². The minimum absolute atomic E-state index is 0.655. The first-order chi connectivity index (χ1) is 4.21. The van der Waals surface area contributed by atoms with Crippen LogP contribution in [-0.4, -0.2) is 8.25 Å². The van der Waals surface area contributed by atoms with Crippen molar-refractivity contribution >= 4 is 38.5 Å². The first kappa shape index (κ1) is 6.89. The van der Waals surface area contributed by atoms with Crippen LogP contribution in [0.4, 0.5) is 0 Å². The van der Waals surface area contributed by atoms with Gasteiger partial charge in [-0.05, 0) is 31.6 Å². The highest BCUT2D eigenvalue weighted by Gasteiger charge is 2.48. The molecule has 2 heteroatoms. The van der Waals surface area contributed by atoms with Crippen LogP contribution >= 0.6 is 38.5 Å². The third-order valence-electron chi connectivity index (χ3n) is 2.70. The minimum atomic E-state index is 0.655. The molecule has 0 nitrogen and oxygen atoms in total. The fourth-order valence-corrected chi connectivity index (χ4v) is 4.25. The van der Waals surface area contributed by atoms with Crippen LogP contribution in [0, 0.1) is 5.92 Å². The summed E-state index contributed by atoms with van der Waals surface area (Å²) in [5.74, 6) is 1.06. The molecular weight excluding hydrogens is 291 g/mol. The van der Waals surface area contributed by atoms with E-state index in [-0.39, 0.29) is 0 Å². The molecule has 3 unspecified atom stereocenters. The summed E-state index contributed by atoms with van der Waals surface area (Å²) in [7, 11) is 0. The van der Waals surface area contributed by atoms with Crippen molar-refractivity contribution in [3.8, 4) is 0 Å². The van der Waals surface area contributed by atoms with Gasteiger partial charge >= 0.3 is 0 Å². The van der Waals surface area contributed by atoms with Gasteiger partial charge in [-0.2, -0.15) is 0 Å².